The molecule has 0 bridgehead atoms. The summed E-state index contributed by atoms with van der Waals surface area (Å²) in [5.41, 5.74) is 4.37. The smallest absolute Gasteiger partial charge is 0.125 e. The number of benzene rings is 2. The number of hydrogen-bond donors (Lipinski definition) is 2. The predicted octanol–water partition coefficient (Wildman–Crippen LogP) is 4.74. The number of aromatic nitrogens is 1. The van der Waals surface area contributed by atoms with E-state index >= 15 is 0 Å². The van der Waals surface area contributed by atoms with Gasteiger partial charge in [-0.25, -0.2) is 8.70 Å². The number of nitrogens with one attached hydrogen (secondary N) is 1. The van der Waals surface area contributed by atoms with E-state index in [2.05, 4.69) is 34.4 Å². The van der Waals surface area contributed by atoms with E-state index in [0.29, 0.717) is 6.04 Å². The van der Waals surface area contributed by atoms with Gasteiger partial charge in [-0.1, -0.05) is 6.07 Å². The van der Waals surface area contributed by atoms with Crippen molar-refractivity contribution in [2.45, 2.75) is 24.3 Å². The van der Waals surface area contributed by atoms with Crippen molar-refractivity contribution in [2.24, 2.45) is 0 Å². The van der Waals surface area contributed by atoms with Gasteiger partial charge in [0.1, 0.15) is 5.82 Å². The molecule has 5 heteroatoms. The molecule has 3 nitrogen and oxygen atoms in total. The quantitative estimate of drug-likeness (QED) is 0.673. The van der Waals surface area contributed by atoms with Crippen molar-refractivity contribution in [3.63, 3.8) is 0 Å². The Hall–Kier alpha value is -1.82. The van der Waals surface area contributed by atoms with Gasteiger partial charge in [0, 0.05) is 46.8 Å². The molecule has 3 aromatic rings. The maximum Gasteiger partial charge on any atom is 0.125 e. The number of H-pyrrole nitrogens is 1. The number of rotatable bonds is 4. The minimum absolute atomic E-state index is 0.220. The highest BCUT2D eigenvalue weighted by Gasteiger charge is 2.27. The average molecular weight is 342 g/mol. The summed E-state index contributed by atoms with van der Waals surface area (Å²) < 4.78 is 15.7. The van der Waals surface area contributed by atoms with Gasteiger partial charge in [0.05, 0.1) is 0 Å². The van der Waals surface area contributed by atoms with E-state index in [-0.39, 0.29) is 12.4 Å². The van der Waals surface area contributed by atoms with Gasteiger partial charge in [-0.2, -0.15) is 0 Å². The van der Waals surface area contributed by atoms with Crippen LogP contribution in [0.5, 0.6) is 0 Å². The lowest BCUT2D eigenvalue weighted by molar-refractivity contribution is 0.264. The topological polar surface area (TPSA) is 39.3 Å². The molecule has 24 heavy (non-hydrogen) atoms. The molecule has 0 amide bonds. The van der Waals surface area contributed by atoms with Crippen LogP contribution in [0.1, 0.15) is 24.9 Å². The molecule has 2 N–H and O–H groups in total. The summed E-state index contributed by atoms with van der Waals surface area (Å²) in [6.45, 7) is 3.29. The van der Waals surface area contributed by atoms with Crippen LogP contribution in [0.3, 0.4) is 0 Å². The van der Waals surface area contributed by atoms with E-state index in [4.69, 9.17) is 5.11 Å². The van der Waals surface area contributed by atoms with Crippen molar-refractivity contribution in [1.29, 1.82) is 0 Å². The number of fused-ring (bicyclic) bond motifs is 2. The van der Waals surface area contributed by atoms with Crippen LogP contribution >= 0.6 is 11.9 Å². The molecule has 1 unspecified atom stereocenters. The number of aliphatic hydroxyl groups excluding tert-OH is 1. The number of aliphatic hydroxyl groups is 1. The van der Waals surface area contributed by atoms with E-state index < -0.39 is 0 Å². The van der Waals surface area contributed by atoms with Crippen molar-refractivity contribution >= 4 is 22.9 Å². The number of halogens is 1. The normalized spacial score (nSPS) is 17.5. The SMILES string of the molecule is CC1c2cc(-c3c[nH]c4cc(F)ccc34)ccc2SN1CCCO. The molecule has 0 radical (unpaired) electrons. The number of aromatic amines is 1. The van der Waals surface area contributed by atoms with Crippen LogP contribution in [0.4, 0.5) is 4.39 Å². The summed E-state index contributed by atoms with van der Waals surface area (Å²) in [6.07, 6.45) is 2.73. The maximum atomic E-state index is 13.4. The summed E-state index contributed by atoms with van der Waals surface area (Å²) in [5, 5.41) is 10.1. The lowest BCUT2D eigenvalue weighted by Crippen LogP contribution is -2.17. The van der Waals surface area contributed by atoms with Crippen LogP contribution in [-0.2, 0) is 0 Å². The van der Waals surface area contributed by atoms with E-state index in [0.717, 1.165) is 35.0 Å². The van der Waals surface area contributed by atoms with Gasteiger partial charge in [-0.05, 0) is 66.8 Å². The first-order chi connectivity index (χ1) is 11.7. The van der Waals surface area contributed by atoms with Crippen molar-refractivity contribution in [2.75, 3.05) is 13.2 Å². The number of hydrogen-bond acceptors (Lipinski definition) is 3. The van der Waals surface area contributed by atoms with Crippen molar-refractivity contribution in [3.8, 4) is 11.1 Å². The third-order valence-electron chi connectivity index (χ3n) is 4.60. The van der Waals surface area contributed by atoms with Gasteiger partial charge in [0.15, 0.2) is 0 Å². The minimum atomic E-state index is -0.227. The molecular weight excluding hydrogens is 323 g/mol. The van der Waals surface area contributed by atoms with Crippen LogP contribution < -0.4 is 0 Å². The van der Waals surface area contributed by atoms with E-state index in [1.54, 1.807) is 11.9 Å². The van der Waals surface area contributed by atoms with Crippen LogP contribution in [0.15, 0.2) is 47.5 Å². The van der Waals surface area contributed by atoms with Crippen molar-refractivity contribution in [1.82, 2.24) is 9.29 Å². The van der Waals surface area contributed by atoms with E-state index in [9.17, 15) is 4.39 Å². The van der Waals surface area contributed by atoms with Gasteiger partial charge in [-0.15, -0.1) is 0 Å². The second-order valence-corrected chi connectivity index (χ2v) is 7.22. The molecule has 0 saturated carbocycles. The third-order valence-corrected chi connectivity index (χ3v) is 5.90. The minimum Gasteiger partial charge on any atom is -0.396 e. The lowest BCUT2D eigenvalue weighted by atomic mass is 9.99. The van der Waals surface area contributed by atoms with Gasteiger partial charge >= 0.3 is 0 Å². The monoisotopic (exact) mass is 342 g/mol. The molecule has 1 aliphatic heterocycles. The maximum absolute atomic E-state index is 13.4. The zero-order valence-corrected chi connectivity index (χ0v) is 14.2. The zero-order chi connectivity index (χ0) is 16.7. The van der Waals surface area contributed by atoms with Gasteiger partial charge < -0.3 is 10.1 Å². The van der Waals surface area contributed by atoms with Crippen molar-refractivity contribution < 1.29 is 9.50 Å². The molecule has 0 saturated heterocycles. The molecule has 2 heterocycles. The molecule has 2 aromatic carbocycles. The Morgan fingerprint density at radius 1 is 1.25 bits per heavy atom. The standard InChI is InChI=1S/C19H19FN2OS/c1-12-16-9-13(3-6-19(16)24-22(12)7-2-8-23)17-11-21-18-10-14(20)4-5-15(17)18/h3-6,9-12,21,23H,2,7-8H2,1H3. The van der Waals surface area contributed by atoms with E-state index in [1.165, 1.54) is 22.6 Å². The molecule has 1 aromatic heterocycles. The molecule has 1 aliphatic rings. The van der Waals surface area contributed by atoms with Crippen LogP contribution in [0.2, 0.25) is 0 Å². The summed E-state index contributed by atoms with van der Waals surface area (Å²) in [4.78, 5) is 4.43. The highest BCUT2D eigenvalue weighted by atomic mass is 32.2. The fraction of sp³-hybridized carbons (Fsp3) is 0.263. The Balaban J connectivity index is 1.70. The molecular formula is C19H19FN2OS. The van der Waals surface area contributed by atoms with Crippen LogP contribution in [0, 0.1) is 5.82 Å². The Labute approximate surface area is 144 Å². The van der Waals surface area contributed by atoms with E-state index in [1.807, 2.05) is 12.3 Å². The largest absolute Gasteiger partial charge is 0.396 e. The fourth-order valence-electron chi connectivity index (χ4n) is 3.29. The lowest BCUT2D eigenvalue weighted by Gasteiger charge is -2.19. The number of nitrogens with zero attached hydrogens (tertiary/aromatic N) is 1. The van der Waals surface area contributed by atoms with Gasteiger partial charge in [0.25, 0.3) is 0 Å². The summed E-state index contributed by atoms with van der Waals surface area (Å²) in [6, 6.07) is 11.7. The predicted molar refractivity (Wildman–Crippen MR) is 96.4 cm³/mol. The first kappa shape index (κ1) is 15.7. The van der Waals surface area contributed by atoms with Crippen molar-refractivity contribution in [3.05, 3.63) is 54.0 Å². The summed E-state index contributed by atoms with van der Waals surface area (Å²) in [5.74, 6) is -0.227. The first-order valence-corrected chi connectivity index (χ1v) is 8.91. The first-order valence-electron chi connectivity index (χ1n) is 8.14. The molecule has 0 spiro atoms. The van der Waals surface area contributed by atoms with Gasteiger partial charge in [0.2, 0.25) is 0 Å². The average Bonchev–Trinajstić information content (AvgIpc) is 3.14. The zero-order valence-electron chi connectivity index (χ0n) is 13.4. The van der Waals surface area contributed by atoms with Gasteiger partial charge in [-0.3, -0.25) is 0 Å². The highest BCUT2D eigenvalue weighted by Crippen LogP contribution is 2.45. The third kappa shape index (κ3) is 2.62. The highest BCUT2D eigenvalue weighted by molar-refractivity contribution is 7.97. The summed E-state index contributed by atoms with van der Waals surface area (Å²) in [7, 11) is 0. The molecule has 0 fully saturated rings. The molecule has 1 atom stereocenters. The second-order valence-electron chi connectivity index (χ2n) is 6.13. The molecule has 0 aliphatic carbocycles. The fourth-order valence-corrected chi connectivity index (χ4v) is 4.50. The Kier molecular flexibility index (Phi) is 4.08. The molecule has 124 valence electrons. The Bertz CT molecular complexity index is 892. The van der Waals surface area contributed by atoms with Crippen LogP contribution in [-0.4, -0.2) is 27.5 Å². The Morgan fingerprint density at radius 3 is 2.96 bits per heavy atom. The summed E-state index contributed by atoms with van der Waals surface area (Å²) >= 11 is 1.76. The second kappa shape index (κ2) is 6.24. The van der Waals surface area contributed by atoms with Crippen LogP contribution in [0.25, 0.3) is 22.0 Å². The Morgan fingerprint density at radius 2 is 2.12 bits per heavy atom. The molecule has 4 rings (SSSR count).